The predicted molar refractivity (Wildman–Crippen MR) is 47.9 cm³/mol. The SMILES string of the molecule is CC(O)(C1=CCCO1)C1=CCCO1. The van der Waals surface area contributed by atoms with Gasteiger partial charge in [-0.15, -0.1) is 0 Å². The van der Waals surface area contributed by atoms with Crippen LogP contribution in [0.1, 0.15) is 19.8 Å². The first-order chi connectivity index (χ1) is 6.21. The molecule has 0 aromatic rings. The Balaban J connectivity index is 2.18. The first-order valence-electron chi connectivity index (χ1n) is 4.60. The molecule has 0 saturated heterocycles. The Kier molecular flexibility index (Phi) is 2.04. The van der Waals surface area contributed by atoms with Crippen molar-refractivity contribution in [3.8, 4) is 0 Å². The second-order valence-electron chi connectivity index (χ2n) is 3.48. The molecule has 0 spiro atoms. The third-order valence-electron chi connectivity index (χ3n) is 2.37. The van der Waals surface area contributed by atoms with Crippen LogP contribution in [0, 0.1) is 0 Å². The zero-order chi connectivity index (χ0) is 9.31. The largest absolute Gasteiger partial charge is 0.494 e. The maximum absolute atomic E-state index is 10.1. The lowest BCUT2D eigenvalue weighted by molar-refractivity contribution is 0.0181. The molecule has 0 radical (unpaired) electrons. The summed E-state index contributed by atoms with van der Waals surface area (Å²) < 4.78 is 10.6. The third-order valence-corrected chi connectivity index (χ3v) is 2.37. The second-order valence-corrected chi connectivity index (χ2v) is 3.48. The molecule has 3 heteroatoms. The fourth-order valence-electron chi connectivity index (χ4n) is 1.64. The first-order valence-corrected chi connectivity index (χ1v) is 4.60. The molecule has 0 bridgehead atoms. The fraction of sp³-hybridized carbons (Fsp3) is 0.600. The van der Waals surface area contributed by atoms with Crippen molar-refractivity contribution in [2.75, 3.05) is 13.2 Å². The maximum atomic E-state index is 10.1. The summed E-state index contributed by atoms with van der Waals surface area (Å²) in [6.45, 7) is 3.04. The van der Waals surface area contributed by atoms with E-state index in [4.69, 9.17) is 9.47 Å². The summed E-state index contributed by atoms with van der Waals surface area (Å²) in [5, 5.41) is 10.1. The highest BCUT2D eigenvalue weighted by Crippen LogP contribution is 2.32. The molecule has 0 fully saturated rings. The zero-order valence-electron chi connectivity index (χ0n) is 7.75. The van der Waals surface area contributed by atoms with E-state index in [1.165, 1.54) is 0 Å². The Morgan fingerprint density at radius 1 is 1.15 bits per heavy atom. The van der Waals surface area contributed by atoms with Gasteiger partial charge in [0.25, 0.3) is 0 Å². The number of hydrogen-bond donors (Lipinski definition) is 1. The number of hydrogen-bond acceptors (Lipinski definition) is 3. The van der Waals surface area contributed by atoms with Crippen molar-refractivity contribution in [3.05, 3.63) is 23.7 Å². The molecular formula is C10H14O3. The Hall–Kier alpha value is -0.960. The summed E-state index contributed by atoms with van der Waals surface area (Å²) >= 11 is 0. The van der Waals surface area contributed by atoms with Crippen molar-refractivity contribution >= 4 is 0 Å². The van der Waals surface area contributed by atoms with E-state index in [9.17, 15) is 5.11 Å². The molecule has 3 nitrogen and oxygen atoms in total. The minimum Gasteiger partial charge on any atom is -0.494 e. The van der Waals surface area contributed by atoms with Crippen LogP contribution in [0.3, 0.4) is 0 Å². The van der Waals surface area contributed by atoms with Crippen LogP contribution in [0.15, 0.2) is 23.7 Å². The van der Waals surface area contributed by atoms with E-state index in [2.05, 4.69) is 0 Å². The van der Waals surface area contributed by atoms with E-state index in [0.29, 0.717) is 24.7 Å². The van der Waals surface area contributed by atoms with Crippen LogP contribution in [0.25, 0.3) is 0 Å². The molecule has 72 valence electrons. The predicted octanol–water partition coefficient (Wildman–Crippen LogP) is 1.35. The Labute approximate surface area is 77.7 Å². The van der Waals surface area contributed by atoms with E-state index in [0.717, 1.165) is 12.8 Å². The van der Waals surface area contributed by atoms with Crippen molar-refractivity contribution in [1.82, 2.24) is 0 Å². The summed E-state index contributed by atoms with van der Waals surface area (Å²) in [5.41, 5.74) is -1.06. The van der Waals surface area contributed by atoms with Crippen molar-refractivity contribution < 1.29 is 14.6 Å². The van der Waals surface area contributed by atoms with E-state index >= 15 is 0 Å². The summed E-state index contributed by atoms with van der Waals surface area (Å²) in [5.74, 6) is 1.25. The van der Waals surface area contributed by atoms with Crippen LogP contribution in [0.5, 0.6) is 0 Å². The van der Waals surface area contributed by atoms with Gasteiger partial charge < -0.3 is 14.6 Å². The lowest BCUT2D eigenvalue weighted by atomic mass is 10.0. The highest BCUT2D eigenvalue weighted by Gasteiger charge is 2.36. The van der Waals surface area contributed by atoms with Gasteiger partial charge in [-0.05, 0) is 19.1 Å². The van der Waals surface area contributed by atoms with Crippen molar-refractivity contribution in [2.45, 2.75) is 25.4 Å². The van der Waals surface area contributed by atoms with Crippen LogP contribution in [0.2, 0.25) is 0 Å². The van der Waals surface area contributed by atoms with Gasteiger partial charge in [-0.2, -0.15) is 0 Å². The molecule has 13 heavy (non-hydrogen) atoms. The molecular weight excluding hydrogens is 168 g/mol. The standard InChI is InChI=1S/C10H14O3/c1-10(11,8-4-2-6-12-8)9-5-3-7-13-9/h4-5,11H,2-3,6-7H2,1H3. The fourth-order valence-corrected chi connectivity index (χ4v) is 1.64. The molecule has 0 aromatic heterocycles. The average Bonchev–Trinajstić information content (AvgIpc) is 2.78. The van der Waals surface area contributed by atoms with E-state index < -0.39 is 5.60 Å². The van der Waals surface area contributed by atoms with Crippen LogP contribution in [-0.4, -0.2) is 23.9 Å². The monoisotopic (exact) mass is 182 g/mol. The lowest BCUT2D eigenvalue weighted by Gasteiger charge is -2.24. The van der Waals surface area contributed by atoms with Crippen molar-refractivity contribution in [3.63, 3.8) is 0 Å². The van der Waals surface area contributed by atoms with E-state index in [-0.39, 0.29) is 0 Å². The van der Waals surface area contributed by atoms with Gasteiger partial charge in [0.05, 0.1) is 13.2 Å². The molecule has 0 aliphatic carbocycles. The van der Waals surface area contributed by atoms with Gasteiger partial charge in [0.15, 0.2) is 5.60 Å². The van der Waals surface area contributed by atoms with Gasteiger partial charge in [-0.25, -0.2) is 0 Å². The number of rotatable bonds is 2. The normalized spacial score (nSPS) is 22.0. The highest BCUT2D eigenvalue weighted by atomic mass is 16.5. The molecule has 0 atom stereocenters. The molecule has 2 rings (SSSR count). The number of aliphatic hydroxyl groups is 1. The highest BCUT2D eigenvalue weighted by molar-refractivity contribution is 5.26. The summed E-state index contributed by atoms with van der Waals surface area (Å²) in [6, 6.07) is 0. The van der Waals surface area contributed by atoms with E-state index in [1.54, 1.807) is 6.92 Å². The molecule has 2 heterocycles. The summed E-state index contributed by atoms with van der Waals surface area (Å²) in [7, 11) is 0. The minimum absolute atomic E-state index is 0.626. The summed E-state index contributed by atoms with van der Waals surface area (Å²) in [6.07, 6.45) is 5.59. The topological polar surface area (TPSA) is 38.7 Å². The van der Waals surface area contributed by atoms with Gasteiger partial charge in [0, 0.05) is 12.8 Å². The Morgan fingerprint density at radius 2 is 1.62 bits per heavy atom. The zero-order valence-corrected chi connectivity index (χ0v) is 7.75. The van der Waals surface area contributed by atoms with Crippen molar-refractivity contribution in [2.24, 2.45) is 0 Å². The van der Waals surface area contributed by atoms with Crippen LogP contribution < -0.4 is 0 Å². The Morgan fingerprint density at radius 3 is 1.92 bits per heavy atom. The van der Waals surface area contributed by atoms with Gasteiger partial charge in [0.1, 0.15) is 11.5 Å². The quantitative estimate of drug-likeness (QED) is 0.700. The average molecular weight is 182 g/mol. The molecule has 0 unspecified atom stereocenters. The van der Waals surface area contributed by atoms with Crippen LogP contribution in [0.4, 0.5) is 0 Å². The molecule has 0 saturated carbocycles. The molecule has 0 amide bonds. The van der Waals surface area contributed by atoms with Gasteiger partial charge >= 0.3 is 0 Å². The van der Waals surface area contributed by atoms with Gasteiger partial charge in [-0.1, -0.05) is 0 Å². The first kappa shape index (κ1) is 8.63. The second kappa shape index (κ2) is 3.07. The van der Waals surface area contributed by atoms with Crippen LogP contribution >= 0.6 is 0 Å². The molecule has 2 aliphatic rings. The maximum Gasteiger partial charge on any atom is 0.175 e. The minimum atomic E-state index is -1.06. The smallest absolute Gasteiger partial charge is 0.175 e. The van der Waals surface area contributed by atoms with Crippen LogP contribution in [-0.2, 0) is 9.47 Å². The van der Waals surface area contributed by atoms with Gasteiger partial charge in [-0.3, -0.25) is 0 Å². The Bertz CT molecular complexity index is 237. The molecule has 1 N–H and O–H groups in total. The molecule has 2 aliphatic heterocycles. The lowest BCUT2D eigenvalue weighted by Crippen LogP contribution is -2.30. The van der Waals surface area contributed by atoms with Gasteiger partial charge in [0.2, 0.25) is 0 Å². The number of ether oxygens (including phenoxy) is 2. The van der Waals surface area contributed by atoms with E-state index in [1.807, 2.05) is 12.2 Å². The summed E-state index contributed by atoms with van der Waals surface area (Å²) in [4.78, 5) is 0. The van der Waals surface area contributed by atoms with Crippen molar-refractivity contribution in [1.29, 1.82) is 0 Å². The molecule has 0 aromatic carbocycles. The third kappa shape index (κ3) is 1.44.